The van der Waals surface area contributed by atoms with Gasteiger partial charge in [0.15, 0.2) is 0 Å². The lowest BCUT2D eigenvalue weighted by Gasteiger charge is -2.30. The molecule has 2 rings (SSSR count). The average molecular weight is 306 g/mol. The van der Waals surface area contributed by atoms with Crippen LogP contribution in [-0.4, -0.2) is 36.8 Å². The van der Waals surface area contributed by atoms with Crippen LogP contribution in [0.25, 0.3) is 0 Å². The van der Waals surface area contributed by atoms with Gasteiger partial charge in [-0.25, -0.2) is 9.59 Å². The smallest absolute Gasteiger partial charge is 0.434 e. The fourth-order valence-electron chi connectivity index (χ4n) is 2.43. The second-order valence-electron chi connectivity index (χ2n) is 5.43. The Balaban J connectivity index is 1.87. The lowest BCUT2D eigenvalue weighted by atomic mass is 10.0. The summed E-state index contributed by atoms with van der Waals surface area (Å²) < 4.78 is 9.65. The summed E-state index contributed by atoms with van der Waals surface area (Å²) in [5.74, 6) is 0.919. The van der Waals surface area contributed by atoms with Crippen molar-refractivity contribution in [3.63, 3.8) is 0 Å². The zero-order valence-electron chi connectivity index (χ0n) is 13.0. The minimum absolute atomic E-state index is 0.0920. The molecular formula is C16H22N2O4. The maximum absolute atomic E-state index is 12.2. The summed E-state index contributed by atoms with van der Waals surface area (Å²) in [6.45, 7) is 5.71. The number of nitrogens with zero attached hydrogens (tertiary/aromatic N) is 1. The highest BCUT2D eigenvalue weighted by molar-refractivity contribution is 5.89. The van der Waals surface area contributed by atoms with Gasteiger partial charge in [-0.15, -0.1) is 0 Å². The average Bonchev–Trinajstić information content (AvgIpc) is 2.49. The Morgan fingerprint density at radius 2 is 2.05 bits per heavy atom. The van der Waals surface area contributed by atoms with E-state index in [1.165, 1.54) is 6.42 Å². The van der Waals surface area contributed by atoms with Gasteiger partial charge < -0.3 is 19.7 Å². The van der Waals surface area contributed by atoms with Crippen molar-refractivity contribution in [3.8, 4) is 5.75 Å². The number of carbonyl (C=O) groups excluding carboxylic acids is 2. The number of likely N-dealkylation sites (tertiary alicyclic amines) is 1. The van der Waals surface area contributed by atoms with Crippen LogP contribution in [0, 0.1) is 5.92 Å². The number of benzene rings is 1. The maximum Gasteiger partial charge on any atom is 0.513 e. The molecule has 1 N–H and O–H groups in total. The van der Waals surface area contributed by atoms with E-state index in [0.717, 1.165) is 19.5 Å². The minimum atomic E-state index is -0.735. The number of rotatable bonds is 3. The summed E-state index contributed by atoms with van der Waals surface area (Å²) in [5.41, 5.74) is 0.666. The lowest BCUT2D eigenvalue weighted by molar-refractivity contribution is 0.104. The molecule has 22 heavy (non-hydrogen) atoms. The summed E-state index contributed by atoms with van der Waals surface area (Å²) in [4.78, 5) is 25.2. The van der Waals surface area contributed by atoms with E-state index in [1.54, 1.807) is 31.2 Å². The summed E-state index contributed by atoms with van der Waals surface area (Å²) in [5, 5.41) is 2.85. The molecule has 1 fully saturated rings. The van der Waals surface area contributed by atoms with Crippen LogP contribution < -0.4 is 10.1 Å². The molecule has 1 aliphatic rings. The van der Waals surface area contributed by atoms with E-state index < -0.39 is 6.16 Å². The van der Waals surface area contributed by atoms with Gasteiger partial charge >= 0.3 is 12.2 Å². The SMILES string of the molecule is CCOC(=O)Oc1ccc(NC(=O)N2CCCC(C)C2)cc1. The van der Waals surface area contributed by atoms with Crippen LogP contribution in [0.1, 0.15) is 26.7 Å². The van der Waals surface area contributed by atoms with E-state index in [-0.39, 0.29) is 12.6 Å². The Morgan fingerprint density at radius 3 is 2.68 bits per heavy atom. The topological polar surface area (TPSA) is 67.9 Å². The highest BCUT2D eigenvalue weighted by Gasteiger charge is 2.20. The van der Waals surface area contributed by atoms with Gasteiger partial charge in [0.2, 0.25) is 0 Å². The van der Waals surface area contributed by atoms with E-state index in [9.17, 15) is 9.59 Å². The van der Waals surface area contributed by atoms with Crippen LogP contribution in [0.2, 0.25) is 0 Å². The van der Waals surface area contributed by atoms with Crippen LogP contribution in [0.5, 0.6) is 5.75 Å². The van der Waals surface area contributed by atoms with Crippen molar-refractivity contribution in [3.05, 3.63) is 24.3 Å². The molecule has 6 nitrogen and oxygen atoms in total. The summed E-state index contributed by atoms with van der Waals surface area (Å²) in [6, 6.07) is 6.53. The van der Waals surface area contributed by atoms with Crippen LogP contribution in [0.4, 0.5) is 15.3 Å². The van der Waals surface area contributed by atoms with Crippen LogP contribution >= 0.6 is 0 Å². The minimum Gasteiger partial charge on any atom is -0.434 e. The Kier molecular flexibility index (Phi) is 5.63. The van der Waals surface area contributed by atoms with Crippen molar-refractivity contribution < 1.29 is 19.1 Å². The van der Waals surface area contributed by atoms with E-state index >= 15 is 0 Å². The summed E-state index contributed by atoms with van der Waals surface area (Å²) in [6.07, 6.45) is 1.48. The molecule has 0 saturated carbocycles. The molecule has 1 aromatic rings. The Bertz CT molecular complexity index is 515. The van der Waals surface area contributed by atoms with E-state index in [0.29, 0.717) is 17.4 Å². The highest BCUT2D eigenvalue weighted by atomic mass is 16.7. The molecule has 1 aliphatic heterocycles. The van der Waals surface area contributed by atoms with Crippen molar-refractivity contribution >= 4 is 17.9 Å². The normalized spacial score (nSPS) is 17.7. The van der Waals surface area contributed by atoms with Crippen molar-refractivity contribution in [2.75, 3.05) is 25.0 Å². The second-order valence-corrected chi connectivity index (χ2v) is 5.43. The zero-order valence-corrected chi connectivity index (χ0v) is 13.0. The molecule has 2 amide bonds. The largest absolute Gasteiger partial charge is 0.513 e. The highest BCUT2D eigenvalue weighted by Crippen LogP contribution is 2.19. The molecule has 0 aromatic heterocycles. The standard InChI is InChI=1S/C16H22N2O4/c1-3-21-16(20)22-14-8-6-13(7-9-14)17-15(19)18-10-4-5-12(2)11-18/h6-9,12H,3-5,10-11H2,1-2H3,(H,17,19). The van der Waals surface area contributed by atoms with Crippen LogP contribution in [0.15, 0.2) is 24.3 Å². The van der Waals surface area contributed by atoms with Crippen molar-refractivity contribution in [1.29, 1.82) is 0 Å². The third-order valence-corrected chi connectivity index (χ3v) is 3.51. The van der Waals surface area contributed by atoms with Gasteiger partial charge in [0.25, 0.3) is 0 Å². The molecule has 120 valence electrons. The van der Waals surface area contributed by atoms with E-state index in [2.05, 4.69) is 12.2 Å². The first-order valence-corrected chi connectivity index (χ1v) is 7.59. The fraction of sp³-hybridized carbons (Fsp3) is 0.500. The second kappa shape index (κ2) is 7.68. The molecule has 1 heterocycles. The van der Waals surface area contributed by atoms with Crippen LogP contribution in [0.3, 0.4) is 0 Å². The van der Waals surface area contributed by atoms with Gasteiger partial charge in [-0.1, -0.05) is 6.92 Å². The number of piperidine rings is 1. The first kappa shape index (κ1) is 16.1. The molecule has 6 heteroatoms. The third kappa shape index (κ3) is 4.65. The van der Waals surface area contributed by atoms with Gasteiger partial charge in [-0.2, -0.15) is 0 Å². The quantitative estimate of drug-likeness (QED) is 0.685. The van der Waals surface area contributed by atoms with Gasteiger partial charge in [-0.3, -0.25) is 0 Å². The molecule has 0 spiro atoms. The monoisotopic (exact) mass is 306 g/mol. The van der Waals surface area contributed by atoms with Crippen molar-refractivity contribution in [2.24, 2.45) is 5.92 Å². The first-order chi connectivity index (χ1) is 10.6. The Labute approximate surface area is 130 Å². The van der Waals surface area contributed by atoms with Gasteiger partial charge in [0.1, 0.15) is 5.75 Å². The molecular weight excluding hydrogens is 284 g/mol. The zero-order chi connectivity index (χ0) is 15.9. The number of ether oxygens (including phenoxy) is 2. The first-order valence-electron chi connectivity index (χ1n) is 7.59. The molecule has 1 aromatic carbocycles. The van der Waals surface area contributed by atoms with Crippen LogP contribution in [-0.2, 0) is 4.74 Å². The number of hydrogen-bond donors (Lipinski definition) is 1. The van der Waals surface area contributed by atoms with E-state index in [4.69, 9.17) is 9.47 Å². The molecule has 1 unspecified atom stereocenters. The third-order valence-electron chi connectivity index (χ3n) is 3.51. The molecule has 0 radical (unpaired) electrons. The van der Waals surface area contributed by atoms with Gasteiger partial charge in [0.05, 0.1) is 6.61 Å². The fourth-order valence-corrected chi connectivity index (χ4v) is 2.43. The number of carbonyl (C=O) groups is 2. The molecule has 1 saturated heterocycles. The van der Waals surface area contributed by atoms with Crippen molar-refractivity contribution in [2.45, 2.75) is 26.7 Å². The number of amides is 2. The Hall–Kier alpha value is -2.24. The number of anilines is 1. The Morgan fingerprint density at radius 1 is 1.32 bits per heavy atom. The summed E-state index contributed by atoms with van der Waals surface area (Å²) >= 11 is 0. The van der Waals surface area contributed by atoms with Crippen molar-refractivity contribution in [1.82, 2.24) is 4.90 Å². The van der Waals surface area contributed by atoms with Gasteiger partial charge in [-0.05, 0) is 49.9 Å². The summed E-state index contributed by atoms with van der Waals surface area (Å²) in [7, 11) is 0. The van der Waals surface area contributed by atoms with Gasteiger partial charge in [0, 0.05) is 18.8 Å². The maximum atomic E-state index is 12.2. The molecule has 0 aliphatic carbocycles. The number of urea groups is 1. The molecule has 1 atom stereocenters. The lowest BCUT2D eigenvalue weighted by Crippen LogP contribution is -2.41. The predicted molar refractivity (Wildman–Crippen MR) is 83.1 cm³/mol. The predicted octanol–water partition coefficient (Wildman–Crippen LogP) is 3.49. The molecule has 0 bridgehead atoms. The van der Waals surface area contributed by atoms with E-state index in [1.807, 2.05) is 4.90 Å². The number of nitrogens with one attached hydrogen (secondary N) is 1. The number of hydrogen-bond acceptors (Lipinski definition) is 4.